The van der Waals surface area contributed by atoms with Crippen molar-refractivity contribution in [2.24, 2.45) is 5.92 Å². The van der Waals surface area contributed by atoms with E-state index in [1.807, 2.05) is 13.2 Å². The fraction of sp³-hybridized carbons (Fsp3) is 0.500. The molecule has 1 aromatic rings. The van der Waals surface area contributed by atoms with Gasteiger partial charge in [-0.15, -0.1) is 0 Å². The first-order chi connectivity index (χ1) is 5.72. The Kier molecular flexibility index (Phi) is 3.09. The molecule has 0 amide bonds. The van der Waals surface area contributed by atoms with E-state index >= 15 is 0 Å². The molecule has 66 valence electrons. The first-order valence-corrected chi connectivity index (χ1v) is 4.35. The molecule has 0 aliphatic heterocycles. The normalized spacial score (nSPS) is 10.3. The second-order valence-corrected chi connectivity index (χ2v) is 3.40. The van der Waals surface area contributed by atoms with Crippen LogP contribution in [-0.2, 0) is 6.42 Å². The Labute approximate surface area is 74.0 Å². The van der Waals surface area contributed by atoms with E-state index in [1.54, 1.807) is 0 Å². The SMILES string of the molecule is CNc1cc(CC(C)C)ccn1. The Bertz CT molecular complexity index is 243. The lowest BCUT2D eigenvalue weighted by Crippen LogP contribution is -1.97. The minimum atomic E-state index is 0.706. The maximum atomic E-state index is 4.15. The van der Waals surface area contributed by atoms with Gasteiger partial charge in [-0.05, 0) is 30.0 Å². The van der Waals surface area contributed by atoms with E-state index in [-0.39, 0.29) is 0 Å². The number of hydrogen-bond donors (Lipinski definition) is 1. The predicted molar refractivity (Wildman–Crippen MR) is 52.3 cm³/mol. The molecule has 1 rings (SSSR count). The minimum absolute atomic E-state index is 0.706. The molecule has 0 saturated heterocycles. The van der Waals surface area contributed by atoms with Crippen LogP contribution in [-0.4, -0.2) is 12.0 Å². The maximum absolute atomic E-state index is 4.15. The summed E-state index contributed by atoms with van der Waals surface area (Å²) in [6.45, 7) is 4.44. The Hall–Kier alpha value is -1.05. The van der Waals surface area contributed by atoms with Crippen molar-refractivity contribution in [3.63, 3.8) is 0 Å². The Morgan fingerprint density at radius 2 is 2.25 bits per heavy atom. The van der Waals surface area contributed by atoms with Gasteiger partial charge in [-0.3, -0.25) is 0 Å². The van der Waals surface area contributed by atoms with Crippen LogP contribution in [0.4, 0.5) is 5.82 Å². The number of anilines is 1. The molecule has 0 bridgehead atoms. The third kappa shape index (κ3) is 2.53. The van der Waals surface area contributed by atoms with Crippen molar-refractivity contribution >= 4 is 5.82 Å². The van der Waals surface area contributed by atoms with Crippen molar-refractivity contribution in [3.05, 3.63) is 23.9 Å². The lowest BCUT2D eigenvalue weighted by atomic mass is 10.0. The van der Waals surface area contributed by atoms with Gasteiger partial charge < -0.3 is 5.32 Å². The van der Waals surface area contributed by atoms with Crippen molar-refractivity contribution < 1.29 is 0 Å². The van der Waals surface area contributed by atoms with Crippen LogP contribution < -0.4 is 5.32 Å². The largest absolute Gasteiger partial charge is 0.373 e. The third-order valence-corrected chi connectivity index (χ3v) is 1.72. The fourth-order valence-corrected chi connectivity index (χ4v) is 1.21. The molecule has 0 saturated carbocycles. The summed E-state index contributed by atoms with van der Waals surface area (Å²) in [6, 6.07) is 4.17. The molecule has 0 aromatic carbocycles. The third-order valence-electron chi connectivity index (χ3n) is 1.72. The van der Waals surface area contributed by atoms with Gasteiger partial charge in [-0.25, -0.2) is 4.98 Å². The van der Waals surface area contributed by atoms with Crippen LogP contribution in [0.3, 0.4) is 0 Å². The number of nitrogens with one attached hydrogen (secondary N) is 1. The summed E-state index contributed by atoms with van der Waals surface area (Å²) in [5, 5.41) is 3.03. The van der Waals surface area contributed by atoms with E-state index in [0.717, 1.165) is 12.2 Å². The van der Waals surface area contributed by atoms with Crippen molar-refractivity contribution in [1.29, 1.82) is 0 Å². The maximum Gasteiger partial charge on any atom is 0.125 e. The van der Waals surface area contributed by atoms with E-state index in [4.69, 9.17) is 0 Å². The zero-order chi connectivity index (χ0) is 8.97. The molecule has 1 N–H and O–H groups in total. The highest BCUT2D eigenvalue weighted by Gasteiger charge is 1.98. The molecule has 0 aliphatic rings. The summed E-state index contributed by atoms with van der Waals surface area (Å²) < 4.78 is 0. The molecule has 2 nitrogen and oxygen atoms in total. The van der Waals surface area contributed by atoms with Gasteiger partial charge in [0.05, 0.1) is 0 Å². The number of rotatable bonds is 3. The molecule has 0 aliphatic carbocycles. The summed E-state index contributed by atoms with van der Waals surface area (Å²) in [5.41, 5.74) is 1.35. The highest BCUT2D eigenvalue weighted by Crippen LogP contribution is 2.10. The quantitative estimate of drug-likeness (QED) is 0.741. The fourth-order valence-electron chi connectivity index (χ4n) is 1.21. The van der Waals surface area contributed by atoms with Gasteiger partial charge in [0.25, 0.3) is 0 Å². The van der Waals surface area contributed by atoms with E-state index in [9.17, 15) is 0 Å². The minimum Gasteiger partial charge on any atom is -0.373 e. The molecule has 2 heteroatoms. The summed E-state index contributed by atoms with van der Waals surface area (Å²) in [6.07, 6.45) is 2.97. The Balaban J connectivity index is 2.72. The van der Waals surface area contributed by atoms with E-state index in [2.05, 4.69) is 36.3 Å². The number of aromatic nitrogens is 1. The molecule has 0 radical (unpaired) electrons. The van der Waals surface area contributed by atoms with Gasteiger partial charge in [0.15, 0.2) is 0 Å². The first-order valence-electron chi connectivity index (χ1n) is 4.35. The molecule has 12 heavy (non-hydrogen) atoms. The smallest absolute Gasteiger partial charge is 0.125 e. The Morgan fingerprint density at radius 1 is 1.50 bits per heavy atom. The van der Waals surface area contributed by atoms with Crippen LogP contribution in [0.1, 0.15) is 19.4 Å². The van der Waals surface area contributed by atoms with Crippen LogP contribution in [0.5, 0.6) is 0 Å². The van der Waals surface area contributed by atoms with Crippen LogP contribution in [0.2, 0.25) is 0 Å². The average molecular weight is 164 g/mol. The van der Waals surface area contributed by atoms with E-state index in [0.29, 0.717) is 5.92 Å². The first kappa shape index (κ1) is 9.04. The van der Waals surface area contributed by atoms with Gasteiger partial charge in [0.1, 0.15) is 5.82 Å². The second kappa shape index (κ2) is 4.10. The zero-order valence-electron chi connectivity index (χ0n) is 7.96. The predicted octanol–water partition coefficient (Wildman–Crippen LogP) is 2.32. The molecular weight excluding hydrogens is 148 g/mol. The monoisotopic (exact) mass is 164 g/mol. The molecule has 1 aromatic heterocycles. The highest BCUT2D eigenvalue weighted by atomic mass is 14.9. The van der Waals surface area contributed by atoms with E-state index in [1.165, 1.54) is 5.56 Å². The molecule has 0 unspecified atom stereocenters. The van der Waals surface area contributed by atoms with Crippen LogP contribution in [0.25, 0.3) is 0 Å². The average Bonchev–Trinajstić information content (AvgIpc) is 2.03. The van der Waals surface area contributed by atoms with Gasteiger partial charge in [0.2, 0.25) is 0 Å². The Morgan fingerprint density at radius 3 is 2.83 bits per heavy atom. The summed E-state index contributed by atoms with van der Waals surface area (Å²) in [7, 11) is 1.89. The molecule has 0 spiro atoms. The van der Waals surface area contributed by atoms with Crippen LogP contribution in [0.15, 0.2) is 18.3 Å². The van der Waals surface area contributed by atoms with Gasteiger partial charge in [-0.1, -0.05) is 13.8 Å². The van der Waals surface area contributed by atoms with Gasteiger partial charge in [-0.2, -0.15) is 0 Å². The molecular formula is C10H16N2. The summed E-state index contributed by atoms with van der Waals surface area (Å²) in [4.78, 5) is 4.15. The lowest BCUT2D eigenvalue weighted by Gasteiger charge is -2.05. The number of pyridine rings is 1. The van der Waals surface area contributed by atoms with Gasteiger partial charge in [0, 0.05) is 13.2 Å². The van der Waals surface area contributed by atoms with E-state index < -0.39 is 0 Å². The zero-order valence-corrected chi connectivity index (χ0v) is 7.96. The van der Waals surface area contributed by atoms with Crippen LogP contribution >= 0.6 is 0 Å². The molecule has 0 atom stereocenters. The van der Waals surface area contributed by atoms with Crippen molar-refractivity contribution in [3.8, 4) is 0 Å². The lowest BCUT2D eigenvalue weighted by molar-refractivity contribution is 0.647. The topological polar surface area (TPSA) is 24.9 Å². The molecule has 0 fully saturated rings. The summed E-state index contributed by atoms with van der Waals surface area (Å²) >= 11 is 0. The second-order valence-electron chi connectivity index (χ2n) is 3.40. The summed E-state index contributed by atoms with van der Waals surface area (Å²) in [5.74, 6) is 1.66. The van der Waals surface area contributed by atoms with Crippen molar-refractivity contribution in [1.82, 2.24) is 4.98 Å². The van der Waals surface area contributed by atoms with Crippen molar-refractivity contribution in [2.75, 3.05) is 12.4 Å². The number of hydrogen-bond acceptors (Lipinski definition) is 2. The van der Waals surface area contributed by atoms with Gasteiger partial charge >= 0.3 is 0 Å². The van der Waals surface area contributed by atoms with Crippen LogP contribution in [0, 0.1) is 5.92 Å². The molecule has 1 heterocycles. The standard InChI is InChI=1S/C10H16N2/c1-8(2)6-9-4-5-12-10(7-9)11-3/h4-5,7-8H,6H2,1-3H3,(H,11,12). The van der Waals surface area contributed by atoms with Crippen molar-refractivity contribution in [2.45, 2.75) is 20.3 Å². The highest BCUT2D eigenvalue weighted by molar-refractivity contribution is 5.36. The number of nitrogens with zero attached hydrogens (tertiary/aromatic N) is 1.